The number of hydrogen-bond donors (Lipinski definition) is 0. The summed E-state index contributed by atoms with van der Waals surface area (Å²) in [6, 6.07) is 0. The van der Waals surface area contributed by atoms with Crippen molar-refractivity contribution < 1.29 is 69.9 Å². The number of alkyl halides is 2. The fourth-order valence-electron chi connectivity index (χ4n) is 0.330. The smallest absolute Gasteiger partial charge is 0.756 e. The first kappa shape index (κ1) is 16.7. The molecule has 0 aromatic heterocycles. The maximum Gasteiger partial charge on any atom is 1.00 e. The van der Waals surface area contributed by atoms with Gasteiger partial charge in [-0.05, 0) is 0 Å². The monoisotopic (exact) mass is 260 g/mol. The van der Waals surface area contributed by atoms with Gasteiger partial charge in [0.25, 0.3) is 7.82 Å². The van der Waals surface area contributed by atoms with E-state index in [0.29, 0.717) is 0 Å². The topological polar surface area (TPSA) is 58.6 Å². The predicted molar refractivity (Wildman–Crippen MR) is 41.0 cm³/mol. The molecule has 0 bridgehead atoms. The van der Waals surface area contributed by atoms with Gasteiger partial charge in [0.15, 0.2) is 0 Å². The molecule has 12 heavy (non-hydrogen) atoms. The van der Waals surface area contributed by atoms with Gasteiger partial charge in [0.05, 0.1) is 13.2 Å². The van der Waals surface area contributed by atoms with Gasteiger partial charge in [-0.2, -0.15) is 0 Å². The quantitative estimate of drug-likeness (QED) is 0.314. The summed E-state index contributed by atoms with van der Waals surface area (Å²) in [5, 5.41) is 0. The van der Waals surface area contributed by atoms with Gasteiger partial charge in [0.1, 0.15) is 0 Å². The summed E-state index contributed by atoms with van der Waals surface area (Å²) in [7, 11) is -4.14. The molecule has 0 amide bonds. The first-order chi connectivity index (χ1) is 5.12. The molecule has 0 aromatic rings. The molecule has 0 heterocycles. The largest absolute Gasteiger partial charge is 1.00 e. The van der Waals surface area contributed by atoms with E-state index < -0.39 is 7.82 Å². The van der Waals surface area contributed by atoms with Crippen LogP contribution in [0, 0.1) is 0 Å². The van der Waals surface area contributed by atoms with Gasteiger partial charge in [-0.1, -0.05) is 0 Å². The van der Waals surface area contributed by atoms with E-state index in [1.807, 2.05) is 0 Å². The molecular weight excluding hydrogens is 253 g/mol. The maximum absolute atomic E-state index is 10.6. The van der Waals surface area contributed by atoms with Crippen molar-refractivity contribution in [2.45, 2.75) is 0 Å². The molecule has 0 aliphatic rings. The SMILES string of the molecule is O=P([O-])(OCCCl)OCCCl.[K+]. The van der Waals surface area contributed by atoms with Gasteiger partial charge in [-0.15, -0.1) is 23.2 Å². The van der Waals surface area contributed by atoms with Gasteiger partial charge in [-0.3, -0.25) is 4.57 Å². The van der Waals surface area contributed by atoms with E-state index in [1.165, 1.54) is 0 Å². The minimum Gasteiger partial charge on any atom is -0.756 e. The third kappa shape index (κ3) is 10.4. The van der Waals surface area contributed by atoms with E-state index in [4.69, 9.17) is 23.2 Å². The number of hydrogen-bond acceptors (Lipinski definition) is 4. The van der Waals surface area contributed by atoms with E-state index in [2.05, 4.69) is 9.05 Å². The molecule has 0 aliphatic carbocycles. The van der Waals surface area contributed by atoms with E-state index in [9.17, 15) is 9.46 Å². The summed E-state index contributed by atoms with van der Waals surface area (Å²) < 4.78 is 19.2. The number of halogens is 2. The second-order valence-corrected chi connectivity index (χ2v) is 3.66. The van der Waals surface area contributed by atoms with Crippen LogP contribution in [0.4, 0.5) is 0 Å². The van der Waals surface area contributed by atoms with Crippen molar-refractivity contribution in [1.82, 2.24) is 0 Å². The first-order valence-electron chi connectivity index (χ1n) is 2.84. The third-order valence-corrected chi connectivity index (χ3v) is 1.96. The van der Waals surface area contributed by atoms with Crippen molar-refractivity contribution in [2.24, 2.45) is 0 Å². The summed E-state index contributed by atoms with van der Waals surface area (Å²) in [5.41, 5.74) is 0. The van der Waals surface area contributed by atoms with E-state index in [1.54, 1.807) is 0 Å². The average molecular weight is 261 g/mol. The zero-order valence-electron chi connectivity index (χ0n) is 6.66. The molecule has 0 aromatic carbocycles. The molecule has 0 saturated carbocycles. The molecule has 0 unspecified atom stereocenters. The molecule has 0 N–H and O–H groups in total. The van der Waals surface area contributed by atoms with Crippen LogP contribution in [-0.2, 0) is 13.6 Å². The fourth-order valence-corrected chi connectivity index (χ4v) is 1.40. The number of rotatable bonds is 6. The van der Waals surface area contributed by atoms with Crippen LogP contribution >= 0.6 is 31.0 Å². The van der Waals surface area contributed by atoms with Crippen molar-refractivity contribution in [2.75, 3.05) is 25.0 Å². The average Bonchev–Trinajstić information content (AvgIpc) is 1.97. The molecular formula is C4H8Cl2KO4P. The first-order valence-corrected chi connectivity index (χ1v) is 5.37. The second kappa shape index (κ2) is 9.87. The van der Waals surface area contributed by atoms with Gasteiger partial charge < -0.3 is 13.9 Å². The fraction of sp³-hybridized carbons (Fsp3) is 1.00. The van der Waals surface area contributed by atoms with Crippen molar-refractivity contribution in [3.8, 4) is 0 Å². The molecule has 0 spiro atoms. The Hall–Kier alpha value is 2.33. The standard InChI is InChI=1S/C4H9Cl2O4P.K/c5-1-3-9-11(7,8)10-4-2-6;/h1-4H2,(H,7,8);/q;+1/p-1. The second-order valence-electron chi connectivity index (χ2n) is 1.49. The Morgan fingerprint density at radius 1 is 1.17 bits per heavy atom. The van der Waals surface area contributed by atoms with Gasteiger partial charge in [-0.25, -0.2) is 0 Å². The van der Waals surface area contributed by atoms with Crippen LogP contribution in [0.5, 0.6) is 0 Å². The van der Waals surface area contributed by atoms with Gasteiger partial charge in [0.2, 0.25) is 0 Å². The summed E-state index contributed by atoms with van der Waals surface area (Å²) in [6.45, 7) is -0.158. The summed E-state index contributed by atoms with van der Waals surface area (Å²) in [5.74, 6) is 0.215. The van der Waals surface area contributed by atoms with E-state index in [0.717, 1.165) is 0 Å². The predicted octanol–water partition coefficient (Wildman–Crippen LogP) is -2.03. The molecule has 0 atom stereocenters. The Bertz CT molecular complexity index is 135. The number of phosphoric ester groups is 1. The van der Waals surface area contributed by atoms with E-state index in [-0.39, 0.29) is 76.4 Å². The van der Waals surface area contributed by atoms with Crippen molar-refractivity contribution >= 4 is 31.0 Å². The third-order valence-electron chi connectivity index (χ3n) is 0.653. The van der Waals surface area contributed by atoms with E-state index >= 15 is 0 Å². The Balaban J connectivity index is 0. The van der Waals surface area contributed by atoms with Gasteiger partial charge >= 0.3 is 51.4 Å². The van der Waals surface area contributed by atoms with Crippen molar-refractivity contribution in [3.05, 3.63) is 0 Å². The Labute approximate surface area is 124 Å². The van der Waals surface area contributed by atoms with Crippen LogP contribution in [0.15, 0.2) is 0 Å². The van der Waals surface area contributed by atoms with Crippen LogP contribution in [-0.4, -0.2) is 25.0 Å². The molecule has 0 radical (unpaired) electrons. The van der Waals surface area contributed by atoms with Crippen LogP contribution < -0.4 is 56.3 Å². The Kier molecular flexibility index (Phi) is 13.8. The minimum atomic E-state index is -4.14. The zero-order valence-corrected chi connectivity index (χ0v) is 12.2. The minimum absolute atomic E-state index is 0. The Morgan fingerprint density at radius 2 is 1.50 bits per heavy atom. The molecule has 0 saturated heterocycles. The maximum atomic E-state index is 10.6. The molecule has 0 rings (SSSR count). The van der Waals surface area contributed by atoms with Gasteiger partial charge in [0, 0.05) is 11.8 Å². The summed E-state index contributed by atoms with van der Waals surface area (Å²) in [6.07, 6.45) is 0. The zero-order chi connectivity index (χ0) is 8.74. The van der Waals surface area contributed by atoms with Crippen molar-refractivity contribution in [1.29, 1.82) is 0 Å². The van der Waals surface area contributed by atoms with Crippen LogP contribution in [0.25, 0.3) is 0 Å². The Morgan fingerprint density at radius 3 is 1.75 bits per heavy atom. The summed E-state index contributed by atoms with van der Waals surface area (Å²) >= 11 is 10.3. The molecule has 0 fully saturated rings. The number of phosphoric acid groups is 1. The molecule has 68 valence electrons. The van der Waals surface area contributed by atoms with Crippen LogP contribution in [0.2, 0.25) is 0 Å². The molecule has 8 heteroatoms. The normalized spacial score (nSPS) is 10.9. The molecule has 4 nitrogen and oxygen atoms in total. The summed E-state index contributed by atoms with van der Waals surface area (Å²) in [4.78, 5) is 10.6. The molecule has 0 aliphatic heterocycles. The van der Waals surface area contributed by atoms with Crippen LogP contribution in [0.1, 0.15) is 0 Å². The van der Waals surface area contributed by atoms with Crippen LogP contribution in [0.3, 0.4) is 0 Å². The van der Waals surface area contributed by atoms with Crippen molar-refractivity contribution in [3.63, 3.8) is 0 Å².